The summed E-state index contributed by atoms with van der Waals surface area (Å²) in [6.45, 7) is 0. The third kappa shape index (κ3) is 2.13. The lowest BCUT2D eigenvalue weighted by molar-refractivity contribution is 0.400. The Morgan fingerprint density at radius 2 is 0.750 bits per heavy atom. The fraction of sp³-hybridized carbons (Fsp3) is 0.250. The molecule has 2 aliphatic rings. The first-order valence-electron chi connectivity index (χ1n) is 7.00. The summed E-state index contributed by atoms with van der Waals surface area (Å²) in [4.78, 5) is 0. The molecule has 0 fully saturated rings. The van der Waals surface area contributed by atoms with Crippen molar-refractivity contribution in [3.8, 4) is 34.1 Å². The van der Waals surface area contributed by atoms with Gasteiger partial charge >= 0.3 is 0 Å². The minimum Gasteiger partial charge on any atom is -0.495 e. The van der Waals surface area contributed by atoms with E-state index in [9.17, 15) is 0 Å². The summed E-state index contributed by atoms with van der Waals surface area (Å²) < 4.78 is 26.9. The minimum atomic E-state index is 0.828. The molecule has 0 aromatic heterocycles. The van der Waals surface area contributed by atoms with Crippen molar-refractivity contribution in [1.29, 1.82) is 0 Å². The molecule has 2 aliphatic heterocycles. The summed E-state index contributed by atoms with van der Waals surface area (Å²) in [6, 6.07) is 3.92. The van der Waals surface area contributed by atoms with E-state index < -0.39 is 0 Å². The predicted octanol–water partition coefficient (Wildman–Crippen LogP) is 5.94. The highest BCUT2D eigenvalue weighted by molar-refractivity contribution is 7.76. The van der Waals surface area contributed by atoms with Crippen LogP contribution in [0.15, 0.2) is 12.1 Å². The van der Waals surface area contributed by atoms with Gasteiger partial charge in [-0.15, -0.1) is 0 Å². The lowest BCUT2D eigenvalue weighted by Crippen LogP contribution is -1.96. The highest BCUT2D eigenvalue weighted by Crippen LogP contribution is 2.57. The van der Waals surface area contributed by atoms with E-state index in [0.717, 1.165) is 52.9 Å². The Labute approximate surface area is 153 Å². The zero-order chi connectivity index (χ0) is 16.8. The fourth-order valence-electron chi connectivity index (χ4n) is 2.76. The SMILES string of the molecule is COc1cc(OC)c2ssc3c(OC)cc(OC)c4ssc1c2-c43. The number of ether oxygens (including phenoxy) is 4. The van der Waals surface area contributed by atoms with Gasteiger partial charge in [-0.05, 0) is 0 Å². The van der Waals surface area contributed by atoms with Crippen LogP contribution in [0.2, 0.25) is 0 Å². The average molecular weight is 399 g/mol. The van der Waals surface area contributed by atoms with Crippen LogP contribution in [0.4, 0.5) is 0 Å². The first-order chi connectivity index (χ1) is 11.7. The van der Waals surface area contributed by atoms with E-state index in [1.807, 2.05) is 12.1 Å². The van der Waals surface area contributed by atoms with Gasteiger partial charge in [0.2, 0.25) is 0 Å². The number of hydrogen-bond donors (Lipinski definition) is 0. The molecule has 2 heterocycles. The van der Waals surface area contributed by atoms with Gasteiger partial charge in [0.15, 0.2) is 0 Å². The first-order valence-corrected chi connectivity index (χ1v) is 11.3. The highest BCUT2D eigenvalue weighted by atomic mass is 32.9. The number of rotatable bonds is 4. The molecule has 126 valence electrons. The molecular weight excluding hydrogens is 384 g/mol. The Hall–Kier alpha value is -1.48. The van der Waals surface area contributed by atoms with Crippen molar-refractivity contribution in [3.63, 3.8) is 0 Å². The topological polar surface area (TPSA) is 36.9 Å². The maximum atomic E-state index is 5.61. The fourth-order valence-corrected chi connectivity index (χ4v) is 8.25. The van der Waals surface area contributed by atoms with Crippen LogP contribution in [-0.4, -0.2) is 28.4 Å². The van der Waals surface area contributed by atoms with Crippen molar-refractivity contribution in [2.24, 2.45) is 0 Å². The van der Waals surface area contributed by atoms with E-state index in [4.69, 9.17) is 18.9 Å². The second kappa shape index (κ2) is 6.11. The van der Waals surface area contributed by atoms with Crippen molar-refractivity contribution in [2.45, 2.75) is 0 Å². The Balaban J connectivity index is 2.27. The monoisotopic (exact) mass is 398 g/mol. The summed E-state index contributed by atoms with van der Waals surface area (Å²) in [6.07, 6.45) is 0. The standard InChI is InChI=1S/C16H14O4S4/c1-17-7-5-8(18-2)14-11-12-15(22-21-13(7)11)9(19-3)6-10(20-4)16(12)24-23-14/h5-6H,1-4H3. The van der Waals surface area contributed by atoms with Gasteiger partial charge in [-0.2, -0.15) is 0 Å². The summed E-state index contributed by atoms with van der Waals surface area (Å²) in [5.74, 6) is 3.31. The van der Waals surface area contributed by atoms with Crippen molar-refractivity contribution < 1.29 is 18.9 Å². The molecule has 8 heteroatoms. The van der Waals surface area contributed by atoms with E-state index in [0.29, 0.717) is 0 Å². The molecule has 0 saturated carbocycles. The van der Waals surface area contributed by atoms with Crippen LogP contribution in [0.1, 0.15) is 0 Å². The number of hydrogen-bond acceptors (Lipinski definition) is 8. The molecular formula is C16H14O4S4. The molecule has 0 spiro atoms. The molecule has 24 heavy (non-hydrogen) atoms. The van der Waals surface area contributed by atoms with Crippen molar-refractivity contribution >= 4 is 60.2 Å². The molecule has 0 aliphatic carbocycles. The molecule has 0 amide bonds. The minimum absolute atomic E-state index is 0.828. The van der Waals surface area contributed by atoms with Gasteiger partial charge in [-0.1, -0.05) is 41.4 Å². The molecule has 0 bridgehead atoms. The molecule has 4 rings (SSSR count). The second-order valence-electron chi connectivity index (χ2n) is 4.96. The Morgan fingerprint density at radius 1 is 0.500 bits per heavy atom. The molecule has 0 radical (unpaired) electrons. The van der Waals surface area contributed by atoms with Crippen molar-refractivity contribution in [3.05, 3.63) is 12.1 Å². The number of methoxy groups -OCH3 is 4. The van der Waals surface area contributed by atoms with Gasteiger partial charge in [0.25, 0.3) is 0 Å². The lowest BCUT2D eigenvalue weighted by Gasteiger charge is -2.20. The Bertz CT molecular complexity index is 864. The summed E-state index contributed by atoms with van der Waals surface area (Å²) >= 11 is 0. The van der Waals surface area contributed by atoms with Gasteiger partial charge in [0, 0.05) is 23.3 Å². The van der Waals surface area contributed by atoms with Crippen LogP contribution in [0.3, 0.4) is 0 Å². The Kier molecular flexibility index (Phi) is 4.07. The largest absolute Gasteiger partial charge is 0.495 e. The summed E-state index contributed by atoms with van der Waals surface area (Å²) in [5, 5.41) is 0. The normalized spacial score (nSPS) is 11.3. The zero-order valence-corrected chi connectivity index (χ0v) is 16.7. The smallest absolute Gasteiger partial charge is 0.141 e. The maximum absolute atomic E-state index is 5.61. The van der Waals surface area contributed by atoms with Crippen LogP contribution >= 0.6 is 41.4 Å². The van der Waals surface area contributed by atoms with E-state index >= 15 is 0 Å². The predicted molar refractivity (Wildman–Crippen MR) is 105 cm³/mol. The lowest BCUT2D eigenvalue weighted by atomic mass is 10.0. The van der Waals surface area contributed by atoms with E-state index in [1.54, 1.807) is 69.8 Å². The molecule has 0 N–H and O–H groups in total. The molecule has 2 aromatic rings. The van der Waals surface area contributed by atoms with E-state index in [2.05, 4.69) is 0 Å². The Morgan fingerprint density at radius 3 is 0.958 bits per heavy atom. The average Bonchev–Trinajstić information content (AvgIpc) is 2.64. The van der Waals surface area contributed by atoms with Gasteiger partial charge < -0.3 is 18.9 Å². The second-order valence-corrected chi connectivity index (χ2v) is 9.26. The molecule has 2 aromatic carbocycles. The van der Waals surface area contributed by atoms with Crippen molar-refractivity contribution in [2.75, 3.05) is 28.4 Å². The molecule has 4 nitrogen and oxygen atoms in total. The maximum Gasteiger partial charge on any atom is 0.141 e. The third-order valence-corrected chi connectivity index (χ3v) is 8.83. The molecule has 0 atom stereocenters. The van der Waals surface area contributed by atoms with Crippen LogP contribution < -0.4 is 18.9 Å². The van der Waals surface area contributed by atoms with Crippen LogP contribution in [0.25, 0.3) is 29.9 Å². The number of benzene rings is 2. The first kappa shape index (κ1) is 16.0. The van der Waals surface area contributed by atoms with Gasteiger partial charge in [0.05, 0.1) is 47.2 Å². The van der Waals surface area contributed by atoms with Gasteiger partial charge in [-0.25, -0.2) is 0 Å². The van der Waals surface area contributed by atoms with Crippen LogP contribution in [0, 0.1) is 0 Å². The summed E-state index contributed by atoms with van der Waals surface area (Å²) in [5.41, 5.74) is 2.31. The van der Waals surface area contributed by atoms with Crippen LogP contribution in [-0.2, 0) is 0 Å². The van der Waals surface area contributed by atoms with E-state index in [-0.39, 0.29) is 0 Å². The van der Waals surface area contributed by atoms with Gasteiger partial charge in [-0.3, -0.25) is 0 Å². The van der Waals surface area contributed by atoms with Gasteiger partial charge in [0.1, 0.15) is 23.0 Å². The summed E-state index contributed by atoms with van der Waals surface area (Å²) in [7, 11) is 13.5. The molecule has 0 saturated heterocycles. The highest BCUT2D eigenvalue weighted by Gasteiger charge is 2.26. The quantitative estimate of drug-likeness (QED) is 0.315. The van der Waals surface area contributed by atoms with Crippen LogP contribution in [0.5, 0.6) is 23.0 Å². The van der Waals surface area contributed by atoms with E-state index in [1.165, 1.54) is 0 Å². The van der Waals surface area contributed by atoms with Crippen molar-refractivity contribution in [1.82, 2.24) is 0 Å². The third-order valence-electron chi connectivity index (χ3n) is 3.87. The zero-order valence-electron chi connectivity index (χ0n) is 13.4. The molecule has 0 unspecified atom stereocenters.